The molecular formula is C24H33N7O. The van der Waals surface area contributed by atoms with Gasteiger partial charge >= 0.3 is 6.03 Å². The number of rotatable bonds is 8. The second-order valence-corrected chi connectivity index (χ2v) is 7.96. The summed E-state index contributed by atoms with van der Waals surface area (Å²) >= 11 is 0. The van der Waals surface area contributed by atoms with E-state index in [0.29, 0.717) is 6.54 Å². The van der Waals surface area contributed by atoms with Crippen LogP contribution in [0.3, 0.4) is 0 Å². The molecule has 8 heteroatoms. The first-order valence-corrected chi connectivity index (χ1v) is 11.0. The Hall–Kier alpha value is -3.55. The number of aliphatic imine (C=N–C) groups is 1. The Morgan fingerprint density at radius 1 is 1.09 bits per heavy atom. The van der Waals surface area contributed by atoms with Crippen molar-refractivity contribution in [2.24, 2.45) is 4.99 Å². The second kappa shape index (κ2) is 11.2. The molecule has 1 aromatic heterocycles. The van der Waals surface area contributed by atoms with Crippen LogP contribution in [0.1, 0.15) is 31.7 Å². The third-order valence-corrected chi connectivity index (χ3v) is 5.01. The van der Waals surface area contributed by atoms with Gasteiger partial charge in [0.2, 0.25) is 0 Å². The zero-order chi connectivity index (χ0) is 22.9. The number of nitrogens with zero attached hydrogens (tertiary/aromatic N) is 3. The molecule has 0 saturated heterocycles. The predicted octanol–water partition coefficient (Wildman–Crippen LogP) is 3.63. The van der Waals surface area contributed by atoms with Gasteiger partial charge in [-0.2, -0.15) is 0 Å². The van der Waals surface area contributed by atoms with Crippen LogP contribution in [-0.4, -0.2) is 41.2 Å². The minimum absolute atomic E-state index is 0.0982. The van der Waals surface area contributed by atoms with Gasteiger partial charge in [-0.05, 0) is 57.0 Å². The lowest BCUT2D eigenvalue weighted by Crippen LogP contribution is -2.37. The van der Waals surface area contributed by atoms with E-state index in [4.69, 9.17) is 0 Å². The Balaban J connectivity index is 1.42. The Morgan fingerprint density at radius 3 is 2.56 bits per heavy atom. The zero-order valence-corrected chi connectivity index (χ0v) is 19.3. The topological polar surface area (TPSA) is 95.4 Å². The average Bonchev–Trinajstić information content (AvgIpc) is 3.08. The highest BCUT2D eigenvalue weighted by Gasteiger charge is 2.07. The molecule has 2 aromatic carbocycles. The quantitative estimate of drug-likeness (QED) is 0.247. The van der Waals surface area contributed by atoms with Crippen LogP contribution in [0, 0.1) is 6.92 Å². The molecule has 0 aliphatic carbocycles. The van der Waals surface area contributed by atoms with Gasteiger partial charge in [0.15, 0.2) is 5.96 Å². The van der Waals surface area contributed by atoms with Gasteiger partial charge in [0, 0.05) is 38.4 Å². The molecule has 8 nitrogen and oxygen atoms in total. The maximum atomic E-state index is 11.8. The summed E-state index contributed by atoms with van der Waals surface area (Å²) in [4.78, 5) is 20.7. The van der Waals surface area contributed by atoms with Crippen molar-refractivity contribution in [2.75, 3.05) is 18.9 Å². The third-order valence-electron chi connectivity index (χ3n) is 5.01. The molecule has 1 heterocycles. The maximum Gasteiger partial charge on any atom is 0.319 e. The lowest BCUT2D eigenvalue weighted by molar-refractivity contribution is 0.250. The minimum atomic E-state index is -0.200. The molecular weight excluding hydrogens is 402 g/mol. The molecule has 0 spiro atoms. The highest BCUT2D eigenvalue weighted by atomic mass is 16.2. The van der Waals surface area contributed by atoms with Crippen LogP contribution < -0.4 is 21.3 Å². The summed E-state index contributed by atoms with van der Waals surface area (Å²) in [5, 5.41) is 12.3. The van der Waals surface area contributed by atoms with Gasteiger partial charge in [-0.25, -0.2) is 9.78 Å². The van der Waals surface area contributed by atoms with E-state index in [1.165, 1.54) is 5.52 Å². The molecule has 3 rings (SSSR count). The van der Waals surface area contributed by atoms with Crippen molar-refractivity contribution in [1.82, 2.24) is 25.5 Å². The van der Waals surface area contributed by atoms with E-state index in [0.717, 1.165) is 48.1 Å². The summed E-state index contributed by atoms with van der Waals surface area (Å²) in [6, 6.07) is 15.9. The first-order valence-electron chi connectivity index (χ1n) is 11.0. The molecule has 0 aliphatic heterocycles. The second-order valence-electron chi connectivity index (χ2n) is 7.96. The van der Waals surface area contributed by atoms with E-state index in [1.807, 2.05) is 63.2 Å². The van der Waals surface area contributed by atoms with Crippen LogP contribution in [0.5, 0.6) is 0 Å². The van der Waals surface area contributed by atoms with Crippen LogP contribution >= 0.6 is 0 Å². The van der Waals surface area contributed by atoms with Crippen LogP contribution in [0.25, 0.3) is 11.0 Å². The molecule has 0 aliphatic rings. The number of amides is 2. The van der Waals surface area contributed by atoms with Crippen molar-refractivity contribution in [2.45, 2.75) is 46.3 Å². The van der Waals surface area contributed by atoms with E-state index in [1.54, 1.807) is 7.05 Å². The van der Waals surface area contributed by atoms with Crippen LogP contribution in [0.15, 0.2) is 53.5 Å². The number of carbonyl (C=O) groups excluding carboxylic acids is 1. The zero-order valence-electron chi connectivity index (χ0n) is 19.3. The van der Waals surface area contributed by atoms with Gasteiger partial charge in [0.25, 0.3) is 0 Å². The van der Waals surface area contributed by atoms with Crippen LogP contribution in [0.4, 0.5) is 10.5 Å². The molecule has 0 unspecified atom stereocenters. The lowest BCUT2D eigenvalue weighted by atomic mass is 10.2. The number of hydrogen-bond donors (Lipinski definition) is 4. The number of nitrogens with one attached hydrogen (secondary N) is 4. The monoisotopic (exact) mass is 435 g/mol. The van der Waals surface area contributed by atoms with E-state index in [-0.39, 0.29) is 12.1 Å². The average molecular weight is 436 g/mol. The van der Waals surface area contributed by atoms with Crippen molar-refractivity contribution in [1.29, 1.82) is 0 Å². The summed E-state index contributed by atoms with van der Waals surface area (Å²) in [6.45, 7) is 8.25. The van der Waals surface area contributed by atoms with Gasteiger partial charge < -0.3 is 25.8 Å². The minimum Gasteiger partial charge on any atom is -0.356 e. The fourth-order valence-electron chi connectivity index (χ4n) is 3.46. The molecule has 0 radical (unpaired) electrons. The van der Waals surface area contributed by atoms with Crippen LogP contribution in [0.2, 0.25) is 0 Å². The molecule has 2 amide bonds. The van der Waals surface area contributed by atoms with Crippen molar-refractivity contribution >= 4 is 28.7 Å². The van der Waals surface area contributed by atoms with Crippen molar-refractivity contribution in [3.63, 3.8) is 0 Å². The van der Waals surface area contributed by atoms with Gasteiger partial charge in [0.1, 0.15) is 5.82 Å². The molecule has 0 fully saturated rings. The summed E-state index contributed by atoms with van der Waals surface area (Å²) in [7, 11) is 1.77. The molecule has 32 heavy (non-hydrogen) atoms. The third kappa shape index (κ3) is 6.47. The Bertz CT molecular complexity index is 1050. The van der Waals surface area contributed by atoms with Gasteiger partial charge in [-0.1, -0.05) is 24.3 Å². The molecule has 0 saturated carbocycles. The summed E-state index contributed by atoms with van der Waals surface area (Å²) < 4.78 is 2.25. The Morgan fingerprint density at radius 2 is 1.84 bits per heavy atom. The number of imidazole rings is 1. The molecule has 4 N–H and O–H groups in total. The van der Waals surface area contributed by atoms with Gasteiger partial charge in [-0.3, -0.25) is 4.99 Å². The van der Waals surface area contributed by atoms with Crippen molar-refractivity contribution in [3.8, 4) is 0 Å². The highest BCUT2D eigenvalue weighted by molar-refractivity contribution is 5.89. The maximum absolute atomic E-state index is 11.8. The molecule has 170 valence electrons. The SMILES string of the molecule is CN=C(NCCCn1c(C)nc2ccccc21)NCc1ccc(NC(=O)NC(C)C)cc1. The van der Waals surface area contributed by atoms with Crippen molar-refractivity contribution in [3.05, 3.63) is 59.9 Å². The number of hydrogen-bond acceptors (Lipinski definition) is 3. The molecule has 3 aromatic rings. The first kappa shape index (κ1) is 23.1. The number of guanidine groups is 1. The van der Waals surface area contributed by atoms with E-state index >= 15 is 0 Å². The molecule has 0 bridgehead atoms. The number of aryl methyl sites for hydroxylation is 2. The smallest absolute Gasteiger partial charge is 0.319 e. The normalized spacial score (nSPS) is 11.6. The first-order chi connectivity index (χ1) is 15.5. The van der Waals surface area contributed by atoms with E-state index in [9.17, 15) is 4.79 Å². The fourth-order valence-corrected chi connectivity index (χ4v) is 3.46. The number of urea groups is 1. The predicted molar refractivity (Wildman–Crippen MR) is 131 cm³/mol. The number of fused-ring (bicyclic) bond motifs is 1. The van der Waals surface area contributed by atoms with E-state index < -0.39 is 0 Å². The number of carbonyl (C=O) groups is 1. The highest BCUT2D eigenvalue weighted by Crippen LogP contribution is 2.15. The number of anilines is 1. The number of benzene rings is 2. The van der Waals surface area contributed by atoms with Crippen molar-refractivity contribution < 1.29 is 4.79 Å². The number of aromatic nitrogens is 2. The standard InChI is InChI=1S/C24H33N7O/c1-17(2)28-24(32)30-20-12-10-19(11-13-20)16-27-23(25-4)26-14-7-15-31-18(3)29-21-8-5-6-9-22(21)31/h5-6,8-13,17H,7,14-16H2,1-4H3,(H2,25,26,27)(H2,28,30,32). The summed E-state index contributed by atoms with van der Waals surface area (Å²) in [6.07, 6.45) is 0.959. The Labute approximate surface area is 189 Å². The Kier molecular flexibility index (Phi) is 8.08. The summed E-state index contributed by atoms with van der Waals surface area (Å²) in [5.41, 5.74) is 4.07. The van der Waals surface area contributed by atoms with Gasteiger partial charge in [-0.15, -0.1) is 0 Å². The fraction of sp³-hybridized carbons (Fsp3) is 0.375. The molecule has 0 atom stereocenters. The van der Waals surface area contributed by atoms with Crippen LogP contribution in [-0.2, 0) is 13.1 Å². The van der Waals surface area contributed by atoms with E-state index in [2.05, 4.69) is 41.9 Å². The lowest BCUT2D eigenvalue weighted by Gasteiger charge is -2.13. The van der Waals surface area contributed by atoms with Gasteiger partial charge in [0.05, 0.1) is 11.0 Å². The number of para-hydroxylation sites is 2. The largest absolute Gasteiger partial charge is 0.356 e. The summed E-state index contributed by atoms with van der Waals surface area (Å²) in [5.74, 6) is 1.80.